The van der Waals surface area contributed by atoms with Crippen LogP contribution in [0.4, 0.5) is 10.2 Å². The summed E-state index contributed by atoms with van der Waals surface area (Å²) in [6, 6.07) is 11.6. The van der Waals surface area contributed by atoms with Crippen molar-refractivity contribution in [3.05, 3.63) is 84.5 Å². The van der Waals surface area contributed by atoms with E-state index in [-0.39, 0.29) is 12.8 Å². The molecular formula is C26H23FN8O2. The largest absolute Gasteiger partial charge is 0.466 e. The minimum absolute atomic E-state index is 0.0354. The smallest absolute Gasteiger partial charge is 0.188 e. The number of ether oxygens (including phenoxy) is 2. The summed E-state index contributed by atoms with van der Waals surface area (Å²) in [6.07, 6.45) is 9.16. The average molecular weight is 499 g/mol. The SMILES string of the molecule is COCOc1cc(-c2ccc(N(C)C(C)c3ccc(-n4cc(F)cn4)nc3)nc2)c2c(C#N)cnn2c1. The number of pyridine rings is 3. The lowest BCUT2D eigenvalue weighted by Gasteiger charge is -2.26. The van der Waals surface area contributed by atoms with Gasteiger partial charge >= 0.3 is 0 Å². The molecule has 0 fully saturated rings. The molecule has 5 heterocycles. The second kappa shape index (κ2) is 10.0. The van der Waals surface area contributed by atoms with Crippen molar-refractivity contribution in [1.82, 2.24) is 29.4 Å². The summed E-state index contributed by atoms with van der Waals surface area (Å²) >= 11 is 0. The third-order valence-corrected chi connectivity index (χ3v) is 6.09. The van der Waals surface area contributed by atoms with Crippen LogP contribution in [-0.4, -0.2) is 50.3 Å². The number of hydrogen-bond donors (Lipinski definition) is 0. The zero-order valence-electron chi connectivity index (χ0n) is 20.4. The fourth-order valence-corrected chi connectivity index (χ4v) is 3.99. The van der Waals surface area contributed by atoms with E-state index in [0.29, 0.717) is 22.6 Å². The van der Waals surface area contributed by atoms with Crippen LogP contribution >= 0.6 is 0 Å². The number of anilines is 1. The van der Waals surface area contributed by atoms with Crippen LogP contribution in [0, 0.1) is 17.1 Å². The van der Waals surface area contributed by atoms with Gasteiger partial charge in [0.1, 0.15) is 17.6 Å². The van der Waals surface area contributed by atoms with Gasteiger partial charge in [0, 0.05) is 37.7 Å². The van der Waals surface area contributed by atoms with Gasteiger partial charge in [0.25, 0.3) is 0 Å². The number of hydrogen-bond acceptors (Lipinski definition) is 8. The van der Waals surface area contributed by atoms with Gasteiger partial charge in [-0.15, -0.1) is 0 Å². The van der Waals surface area contributed by atoms with E-state index in [1.807, 2.05) is 43.1 Å². The molecule has 5 aromatic heterocycles. The van der Waals surface area contributed by atoms with E-state index in [1.54, 1.807) is 36.3 Å². The average Bonchev–Trinajstić information content (AvgIpc) is 3.56. The first kappa shape index (κ1) is 23.9. The summed E-state index contributed by atoms with van der Waals surface area (Å²) in [7, 11) is 3.50. The first-order chi connectivity index (χ1) is 18.0. The van der Waals surface area contributed by atoms with Crippen molar-refractivity contribution in [3.8, 4) is 28.8 Å². The lowest BCUT2D eigenvalue weighted by molar-refractivity contribution is 0.0508. The molecule has 1 atom stereocenters. The molecule has 0 amide bonds. The van der Waals surface area contributed by atoms with Crippen molar-refractivity contribution in [2.24, 2.45) is 0 Å². The van der Waals surface area contributed by atoms with Gasteiger partial charge in [-0.3, -0.25) is 0 Å². The van der Waals surface area contributed by atoms with E-state index in [1.165, 1.54) is 17.1 Å². The van der Waals surface area contributed by atoms with E-state index in [2.05, 4.69) is 26.2 Å². The lowest BCUT2D eigenvalue weighted by Crippen LogP contribution is -2.22. The molecule has 1 unspecified atom stereocenters. The molecule has 11 heteroatoms. The van der Waals surface area contributed by atoms with E-state index in [4.69, 9.17) is 9.47 Å². The third kappa shape index (κ3) is 4.70. The number of methoxy groups -OCH3 is 1. The van der Waals surface area contributed by atoms with Crippen molar-refractivity contribution < 1.29 is 13.9 Å². The summed E-state index contributed by atoms with van der Waals surface area (Å²) in [6.45, 7) is 2.14. The second-order valence-corrected chi connectivity index (χ2v) is 8.35. The molecule has 0 radical (unpaired) electrons. The van der Waals surface area contributed by atoms with Crippen molar-refractivity contribution in [2.75, 3.05) is 25.9 Å². The Morgan fingerprint density at radius 3 is 2.59 bits per heavy atom. The first-order valence-electron chi connectivity index (χ1n) is 11.4. The first-order valence-corrected chi connectivity index (χ1v) is 11.4. The van der Waals surface area contributed by atoms with Crippen molar-refractivity contribution in [2.45, 2.75) is 13.0 Å². The molecule has 0 aromatic carbocycles. The molecule has 5 rings (SSSR count). The normalized spacial score (nSPS) is 11.9. The Balaban J connectivity index is 1.40. The van der Waals surface area contributed by atoms with Gasteiger partial charge in [0.2, 0.25) is 0 Å². The highest BCUT2D eigenvalue weighted by Crippen LogP contribution is 2.32. The molecule has 5 aromatic rings. The Kier molecular flexibility index (Phi) is 6.49. The zero-order chi connectivity index (χ0) is 25.9. The van der Waals surface area contributed by atoms with E-state index in [9.17, 15) is 9.65 Å². The summed E-state index contributed by atoms with van der Waals surface area (Å²) < 4.78 is 26.9. The summed E-state index contributed by atoms with van der Waals surface area (Å²) in [5.41, 5.74) is 3.68. The van der Waals surface area contributed by atoms with Crippen LogP contribution in [0.25, 0.3) is 22.5 Å². The highest BCUT2D eigenvalue weighted by atomic mass is 19.1. The molecule has 0 saturated carbocycles. The molecule has 0 aliphatic carbocycles. The maximum absolute atomic E-state index is 13.3. The maximum Gasteiger partial charge on any atom is 0.188 e. The number of aromatic nitrogens is 6. The molecule has 0 saturated heterocycles. The highest BCUT2D eigenvalue weighted by Gasteiger charge is 2.17. The van der Waals surface area contributed by atoms with E-state index >= 15 is 0 Å². The molecular weight excluding hydrogens is 475 g/mol. The monoisotopic (exact) mass is 498 g/mol. The number of fused-ring (bicyclic) bond motifs is 1. The number of nitriles is 1. The van der Waals surface area contributed by atoms with Gasteiger partial charge in [0.15, 0.2) is 18.4 Å². The third-order valence-electron chi connectivity index (χ3n) is 6.09. The van der Waals surface area contributed by atoms with Gasteiger partial charge in [-0.2, -0.15) is 15.5 Å². The Morgan fingerprint density at radius 2 is 1.95 bits per heavy atom. The topological polar surface area (TPSA) is 106 Å². The van der Waals surface area contributed by atoms with Crippen LogP contribution in [0.5, 0.6) is 5.75 Å². The Hall–Kier alpha value is -4.82. The van der Waals surface area contributed by atoms with E-state index < -0.39 is 5.82 Å². The number of nitrogens with zero attached hydrogens (tertiary/aromatic N) is 8. The predicted octanol–water partition coefficient (Wildman–Crippen LogP) is 4.17. The maximum atomic E-state index is 13.3. The van der Waals surface area contributed by atoms with Gasteiger partial charge in [-0.25, -0.2) is 23.6 Å². The molecule has 0 N–H and O–H groups in total. The molecule has 0 bridgehead atoms. The van der Waals surface area contributed by atoms with Gasteiger partial charge in [-0.1, -0.05) is 6.07 Å². The zero-order valence-corrected chi connectivity index (χ0v) is 20.4. The molecule has 0 aliphatic heterocycles. The van der Waals surface area contributed by atoms with Crippen molar-refractivity contribution >= 4 is 11.3 Å². The molecule has 186 valence electrons. The van der Waals surface area contributed by atoms with E-state index in [0.717, 1.165) is 28.7 Å². The van der Waals surface area contributed by atoms with Crippen molar-refractivity contribution in [1.29, 1.82) is 5.26 Å². The molecule has 37 heavy (non-hydrogen) atoms. The van der Waals surface area contributed by atoms with Crippen molar-refractivity contribution in [3.63, 3.8) is 0 Å². The quantitative estimate of drug-likeness (QED) is 0.294. The molecule has 10 nitrogen and oxygen atoms in total. The van der Waals surface area contributed by atoms with Crippen LogP contribution in [0.2, 0.25) is 0 Å². The standard InChI is InChI=1S/C26H23FN8O2/c1-17(18-4-7-25(30-10-18)34-14-21(27)13-32-34)33(2)24-6-5-19(11-29-24)23-8-22(37-16-36-3)15-35-26(23)20(9-28)12-31-35/h4-8,10-15,17H,16H2,1-3H3. The summed E-state index contributed by atoms with van der Waals surface area (Å²) in [4.78, 5) is 11.1. The minimum Gasteiger partial charge on any atom is -0.466 e. The van der Waals surface area contributed by atoms with Gasteiger partial charge < -0.3 is 14.4 Å². The Labute approximate surface area is 212 Å². The summed E-state index contributed by atoms with van der Waals surface area (Å²) in [5, 5.41) is 17.8. The van der Waals surface area contributed by atoms with Gasteiger partial charge in [-0.05, 0) is 36.8 Å². The molecule has 0 aliphatic rings. The number of halogens is 1. The minimum atomic E-state index is -0.416. The van der Waals surface area contributed by atoms with Crippen LogP contribution < -0.4 is 9.64 Å². The van der Waals surface area contributed by atoms with Crippen LogP contribution in [-0.2, 0) is 4.74 Å². The second-order valence-electron chi connectivity index (χ2n) is 8.35. The Morgan fingerprint density at radius 1 is 1.08 bits per heavy atom. The predicted molar refractivity (Wildman–Crippen MR) is 134 cm³/mol. The Bertz CT molecular complexity index is 1570. The molecule has 0 spiro atoms. The number of rotatable bonds is 8. The highest BCUT2D eigenvalue weighted by molar-refractivity contribution is 5.85. The fraction of sp³-hybridized carbons (Fsp3) is 0.192. The lowest BCUT2D eigenvalue weighted by atomic mass is 10.0. The van der Waals surface area contributed by atoms with Crippen LogP contribution in [0.15, 0.2) is 67.5 Å². The fourth-order valence-electron chi connectivity index (χ4n) is 3.99. The van der Waals surface area contributed by atoms with Gasteiger partial charge in [0.05, 0.1) is 41.9 Å². The summed E-state index contributed by atoms with van der Waals surface area (Å²) in [5.74, 6) is 1.43. The van der Waals surface area contributed by atoms with Crippen LogP contribution in [0.1, 0.15) is 24.1 Å². The van der Waals surface area contributed by atoms with Crippen LogP contribution in [0.3, 0.4) is 0 Å².